The molecule has 0 saturated carbocycles. The third kappa shape index (κ3) is 4.74. The highest BCUT2D eigenvalue weighted by atomic mass is 16.2. The fourth-order valence-corrected chi connectivity index (χ4v) is 1.98. The summed E-state index contributed by atoms with van der Waals surface area (Å²) in [5.41, 5.74) is 0. The number of hydrogen-bond acceptors (Lipinski definition) is 3. The molecule has 0 fully saturated rings. The van der Waals surface area contributed by atoms with Crippen LogP contribution in [0.2, 0.25) is 0 Å². The zero-order chi connectivity index (χ0) is 13.6. The minimum atomic E-state index is -0.528. The van der Waals surface area contributed by atoms with Crippen LogP contribution in [0.15, 0.2) is 0 Å². The van der Waals surface area contributed by atoms with Gasteiger partial charge in [0.05, 0.1) is 6.07 Å². The molecule has 0 spiro atoms. The summed E-state index contributed by atoms with van der Waals surface area (Å²) in [4.78, 5) is 16.1. The number of likely N-dealkylation sites (N-methyl/N-ethyl adjacent to an activating group) is 2. The normalized spacial score (nSPS) is 14.5. The number of carbonyl (C=O) groups excluding carboxylic acids is 1. The predicted molar refractivity (Wildman–Crippen MR) is 69.3 cm³/mol. The van der Waals surface area contributed by atoms with Gasteiger partial charge in [-0.2, -0.15) is 5.26 Å². The van der Waals surface area contributed by atoms with Gasteiger partial charge >= 0.3 is 0 Å². The lowest BCUT2D eigenvalue weighted by Gasteiger charge is -2.32. The summed E-state index contributed by atoms with van der Waals surface area (Å²) in [5, 5.41) is 9.07. The van der Waals surface area contributed by atoms with Crippen molar-refractivity contribution in [2.45, 2.75) is 33.7 Å². The molecule has 0 aliphatic heterocycles. The number of carbonyl (C=O) groups is 1. The maximum absolute atomic E-state index is 12.3. The average molecular weight is 239 g/mol. The Morgan fingerprint density at radius 2 is 1.82 bits per heavy atom. The van der Waals surface area contributed by atoms with E-state index in [0.717, 1.165) is 6.54 Å². The Kier molecular flexibility index (Phi) is 6.82. The molecule has 0 saturated heterocycles. The maximum atomic E-state index is 12.3. The van der Waals surface area contributed by atoms with Gasteiger partial charge < -0.3 is 9.80 Å². The van der Waals surface area contributed by atoms with E-state index in [1.54, 1.807) is 4.90 Å². The van der Waals surface area contributed by atoms with E-state index in [9.17, 15) is 4.79 Å². The summed E-state index contributed by atoms with van der Waals surface area (Å²) in [5.74, 6) is -0.507. The third-order valence-corrected chi connectivity index (χ3v) is 2.86. The second-order valence-corrected chi connectivity index (χ2v) is 5.09. The van der Waals surface area contributed by atoms with Crippen LogP contribution in [0.1, 0.15) is 27.7 Å². The number of nitriles is 1. The number of hydrogen-bond donors (Lipinski definition) is 0. The molecule has 0 heterocycles. The minimum Gasteiger partial charge on any atom is -0.338 e. The summed E-state index contributed by atoms with van der Waals surface area (Å²) in [6.07, 6.45) is 0. The van der Waals surface area contributed by atoms with Gasteiger partial charge in [0, 0.05) is 19.1 Å². The van der Waals surface area contributed by atoms with Crippen molar-refractivity contribution in [1.29, 1.82) is 5.26 Å². The minimum absolute atomic E-state index is 0.0423. The van der Waals surface area contributed by atoms with Crippen molar-refractivity contribution < 1.29 is 4.79 Å². The van der Waals surface area contributed by atoms with Crippen LogP contribution in [-0.2, 0) is 4.79 Å². The molecule has 0 aromatic rings. The first-order valence-electron chi connectivity index (χ1n) is 6.19. The van der Waals surface area contributed by atoms with E-state index in [1.807, 2.05) is 41.8 Å². The molecular weight excluding hydrogens is 214 g/mol. The standard InChI is InChI=1S/C13H25N3O/c1-7-16(11(4)9-15(5)6)13(17)12(8-14)10(2)3/h10-12H,7,9H2,1-6H3. The van der Waals surface area contributed by atoms with Gasteiger partial charge in [-0.3, -0.25) is 4.79 Å². The zero-order valence-electron chi connectivity index (χ0n) is 11.9. The molecule has 17 heavy (non-hydrogen) atoms. The lowest BCUT2D eigenvalue weighted by atomic mass is 9.95. The summed E-state index contributed by atoms with van der Waals surface area (Å²) in [7, 11) is 3.97. The van der Waals surface area contributed by atoms with Crippen LogP contribution in [-0.4, -0.2) is 48.9 Å². The van der Waals surface area contributed by atoms with E-state index < -0.39 is 5.92 Å². The molecule has 2 atom stereocenters. The Hall–Kier alpha value is -1.08. The first-order chi connectivity index (χ1) is 7.84. The Bertz CT molecular complexity index is 281. The van der Waals surface area contributed by atoms with Gasteiger partial charge in [0.1, 0.15) is 5.92 Å². The highest BCUT2D eigenvalue weighted by molar-refractivity contribution is 5.81. The summed E-state index contributed by atoms with van der Waals surface area (Å²) in [6, 6.07) is 2.26. The van der Waals surface area contributed by atoms with Gasteiger partial charge in [-0.05, 0) is 33.9 Å². The number of rotatable bonds is 6. The molecule has 1 amide bonds. The van der Waals surface area contributed by atoms with Crippen molar-refractivity contribution in [3.8, 4) is 6.07 Å². The van der Waals surface area contributed by atoms with E-state index in [2.05, 4.69) is 11.0 Å². The molecule has 0 bridgehead atoms. The molecule has 4 nitrogen and oxygen atoms in total. The number of nitrogens with zero attached hydrogens (tertiary/aromatic N) is 3. The van der Waals surface area contributed by atoms with Crippen molar-refractivity contribution in [3.63, 3.8) is 0 Å². The summed E-state index contributed by atoms with van der Waals surface area (Å²) >= 11 is 0. The van der Waals surface area contributed by atoms with Crippen LogP contribution in [0.4, 0.5) is 0 Å². The Morgan fingerprint density at radius 3 is 2.12 bits per heavy atom. The molecule has 2 unspecified atom stereocenters. The SMILES string of the molecule is CCN(C(=O)C(C#N)C(C)C)C(C)CN(C)C. The molecule has 0 aromatic heterocycles. The van der Waals surface area contributed by atoms with Gasteiger partial charge in [0.25, 0.3) is 0 Å². The molecule has 0 rings (SSSR count). The second kappa shape index (κ2) is 7.29. The van der Waals surface area contributed by atoms with E-state index in [1.165, 1.54) is 0 Å². The van der Waals surface area contributed by atoms with Crippen molar-refractivity contribution >= 4 is 5.91 Å². The molecule has 0 aliphatic rings. The first-order valence-corrected chi connectivity index (χ1v) is 6.19. The maximum Gasteiger partial charge on any atom is 0.240 e. The smallest absolute Gasteiger partial charge is 0.240 e. The molecule has 0 radical (unpaired) electrons. The summed E-state index contributed by atoms with van der Waals surface area (Å²) in [6.45, 7) is 9.27. The quantitative estimate of drug-likeness (QED) is 0.707. The molecule has 0 N–H and O–H groups in total. The Balaban J connectivity index is 4.76. The van der Waals surface area contributed by atoms with Crippen molar-refractivity contribution in [2.24, 2.45) is 11.8 Å². The largest absolute Gasteiger partial charge is 0.338 e. The van der Waals surface area contributed by atoms with E-state index >= 15 is 0 Å². The predicted octanol–water partition coefficient (Wildman–Crippen LogP) is 1.58. The van der Waals surface area contributed by atoms with Gasteiger partial charge in [-0.25, -0.2) is 0 Å². The molecular formula is C13H25N3O. The van der Waals surface area contributed by atoms with E-state index in [-0.39, 0.29) is 17.9 Å². The van der Waals surface area contributed by atoms with E-state index in [0.29, 0.717) is 6.54 Å². The van der Waals surface area contributed by atoms with Crippen LogP contribution >= 0.6 is 0 Å². The van der Waals surface area contributed by atoms with Crippen LogP contribution in [0.25, 0.3) is 0 Å². The van der Waals surface area contributed by atoms with Crippen LogP contribution in [0.3, 0.4) is 0 Å². The van der Waals surface area contributed by atoms with Crippen molar-refractivity contribution in [2.75, 3.05) is 27.2 Å². The zero-order valence-corrected chi connectivity index (χ0v) is 11.9. The molecule has 98 valence electrons. The fraction of sp³-hybridized carbons (Fsp3) is 0.846. The molecule has 4 heteroatoms. The monoisotopic (exact) mass is 239 g/mol. The van der Waals surface area contributed by atoms with E-state index in [4.69, 9.17) is 5.26 Å². The third-order valence-electron chi connectivity index (χ3n) is 2.86. The van der Waals surface area contributed by atoms with Gasteiger partial charge in [0.2, 0.25) is 5.91 Å². The lowest BCUT2D eigenvalue weighted by Crippen LogP contribution is -2.46. The van der Waals surface area contributed by atoms with Crippen LogP contribution in [0.5, 0.6) is 0 Å². The lowest BCUT2D eigenvalue weighted by molar-refractivity contribution is -0.137. The molecule has 0 aliphatic carbocycles. The Morgan fingerprint density at radius 1 is 1.29 bits per heavy atom. The Labute approximate surface area is 105 Å². The van der Waals surface area contributed by atoms with Gasteiger partial charge in [-0.15, -0.1) is 0 Å². The van der Waals surface area contributed by atoms with Crippen LogP contribution < -0.4 is 0 Å². The summed E-state index contributed by atoms with van der Waals surface area (Å²) < 4.78 is 0. The van der Waals surface area contributed by atoms with Gasteiger partial charge in [0.15, 0.2) is 0 Å². The highest BCUT2D eigenvalue weighted by Crippen LogP contribution is 2.15. The van der Waals surface area contributed by atoms with Crippen molar-refractivity contribution in [1.82, 2.24) is 9.80 Å². The number of amides is 1. The van der Waals surface area contributed by atoms with Gasteiger partial charge in [-0.1, -0.05) is 13.8 Å². The fourth-order valence-electron chi connectivity index (χ4n) is 1.98. The van der Waals surface area contributed by atoms with Crippen molar-refractivity contribution in [3.05, 3.63) is 0 Å². The molecule has 0 aromatic carbocycles. The first kappa shape index (κ1) is 15.9. The second-order valence-electron chi connectivity index (χ2n) is 5.09. The average Bonchev–Trinajstić information content (AvgIpc) is 2.17. The topological polar surface area (TPSA) is 47.3 Å². The van der Waals surface area contributed by atoms with Crippen LogP contribution in [0, 0.1) is 23.2 Å². The highest BCUT2D eigenvalue weighted by Gasteiger charge is 2.28.